The van der Waals surface area contributed by atoms with E-state index in [-0.39, 0.29) is 24.8 Å². The van der Waals surface area contributed by atoms with E-state index in [0.717, 1.165) is 55.3 Å². The zero-order chi connectivity index (χ0) is 35.7. The molecular formula is C44H44Cl2F6Hf. The van der Waals surface area contributed by atoms with Crippen molar-refractivity contribution in [3.05, 3.63) is 129 Å². The van der Waals surface area contributed by atoms with E-state index in [4.69, 9.17) is 0 Å². The summed E-state index contributed by atoms with van der Waals surface area (Å²) < 4.78 is 83.3. The molecule has 3 aliphatic carbocycles. The minimum atomic E-state index is -4.38. The molecular weight excluding hydrogens is 892 g/mol. The van der Waals surface area contributed by atoms with Gasteiger partial charge in [-0.2, -0.15) is 0 Å². The number of halogens is 8. The summed E-state index contributed by atoms with van der Waals surface area (Å²) in [6.07, 6.45) is 5.22. The zero-order valence-electron chi connectivity index (χ0n) is 29.8. The molecule has 4 atom stereocenters. The molecule has 4 unspecified atom stereocenters. The molecule has 1 saturated heterocycles. The number of benzene rings is 4. The fourth-order valence-corrected chi connectivity index (χ4v) is 46.0. The zero-order valence-corrected chi connectivity index (χ0v) is 35.0. The van der Waals surface area contributed by atoms with Crippen molar-refractivity contribution < 1.29 is 46.3 Å². The van der Waals surface area contributed by atoms with Crippen LogP contribution in [0.1, 0.15) is 106 Å². The number of alkyl halides is 6. The van der Waals surface area contributed by atoms with Crippen LogP contribution >= 0.6 is 24.8 Å². The predicted molar refractivity (Wildman–Crippen MR) is 205 cm³/mol. The van der Waals surface area contributed by atoms with Crippen LogP contribution in [0.15, 0.2) is 96.1 Å². The standard InChI is InChI=1S/2C19H16F3.C6H10.2ClH.Hf/c2*1-2-4-13-11-15-5-3-6-17(18(15)12-13)14-7-9-16(10-8-14)19(20,21)22;1-2-4-6-5-3-1;;;/h2*3,5-12H,2,4H2,1H3;1-2H,3-6H2;2*1H;. The van der Waals surface area contributed by atoms with Gasteiger partial charge < -0.3 is 0 Å². The van der Waals surface area contributed by atoms with Gasteiger partial charge in [-0.05, 0) is 0 Å². The van der Waals surface area contributed by atoms with E-state index in [1.54, 1.807) is 24.3 Å². The Morgan fingerprint density at radius 1 is 0.547 bits per heavy atom. The van der Waals surface area contributed by atoms with Crippen molar-refractivity contribution in [2.45, 2.75) is 92.3 Å². The molecule has 4 aliphatic rings. The van der Waals surface area contributed by atoms with Gasteiger partial charge in [-0.15, -0.1) is 24.8 Å². The van der Waals surface area contributed by atoms with Crippen molar-refractivity contribution in [2.75, 3.05) is 0 Å². The Kier molecular flexibility index (Phi) is 11.4. The molecule has 8 rings (SSSR count). The number of rotatable bonds is 8. The largest absolute Gasteiger partial charge is 0.147 e. The average molecular weight is 936 g/mol. The summed E-state index contributed by atoms with van der Waals surface area (Å²) in [5.41, 5.74) is 10.5. The molecule has 280 valence electrons. The van der Waals surface area contributed by atoms with Crippen molar-refractivity contribution >= 4 is 37.0 Å². The minimum absolute atomic E-state index is 0. The summed E-state index contributed by atoms with van der Waals surface area (Å²) in [6.45, 7) is 4.48. The first-order valence-electron chi connectivity index (χ1n) is 18.5. The summed E-state index contributed by atoms with van der Waals surface area (Å²) >= 11 is -3.55. The molecule has 0 amide bonds. The normalized spacial score (nSPS) is 24.2. The second-order valence-electron chi connectivity index (χ2n) is 15.1. The van der Waals surface area contributed by atoms with Crippen molar-refractivity contribution in [3.8, 4) is 22.3 Å². The van der Waals surface area contributed by atoms with Crippen LogP contribution in [0.25, 0.3) is 34.4 Å². The molecule has 0 radical (unpaired) electrons. The summed E-state index contributed by atoms with van der Waals surface area (Å²) in [6, 6.07) is 24.2. The molecule has 1 heterocycles. The van der Waals surface area contributed by atoms with Crippen molar-refractivity contribution in [2.24, 2.45) is 0 Å². The molecule has 2 fully saturated rings. The monoisotopic (exact) mass is 936 g/mol. The Morgan fingerprint density at radius 2 is 0.925 bits per heavy atom. The maximum Gasteiger partial charge on any atom is -0.147 e. The quantitative estimate of drug-likeness (QED) is 0.122. The van der Waals surface area contributed by atoms with Gasteiger partial charge in [0, 0.05) is 0 Å². The van der Waals surface area contributed by atoms with Crippen molar-refractivity contribution in [1.82, 2.24) is 0 Å². The molecule has 1 saturated carbocycles. The van der Waals surface area contributed by atoms with Crippen LogP contribution < -0.4 is 0 Å². The number of hydrogen-bond donors (Lipinski definition) is 0. The Labute approximate surface area is 325 Å². The molecule has 9 heteroatoms. The molecule has 4 aromatic rings. The van der Waals surface area contributed by atoms with Gasteiger partial charge in [-0.1, -0.05) is 0 Å². The number of fused-ring (bicyclic) bond motifs is 3. The fourth-order valence-electron chi connectivity index (χ4n) is 10.5. The van der Waals surface area contributed by atoms with E-state index in [2.05, 4.69) is 62.4 Å². The number of hydrogen-bond acceptors (Lipinski definition) is 0. The fraction of sp³-hybridized carbons (Fsp3) is 0.364. The Bertz CT molecular complexity index is 1880. The SMILES string of the molecule is CCCC1=Cc2c(-c3ccc(C(F)(F)F)cc3)cccc2[CH]1[Hf]1([CH]2C(CCC)=Cc3c(-c4ccc(C(F)(F)F)cc4)cccc32)[CH]2CCCC[CH]21.Cl.Cl. The van der Waals surface area contributed by atoms with E-state index in [1.165, 1.54) is 83.3 Å². The first-order valence-corrected chi connectivity index (χ1v) is 26.8. The van der Waals surface area contributed by atoms with E-state index in [9.17, 15) is 26.3 Å². The molecule has 0 N–H and O–H groups in total. The smallest absolute Gasteiger partial charge is 0.147 e. The Balaban J connectivity index is 0.00000240. The molecule has 4 aromatic carbocycles. The Hall–Kier alpha value is -2.61. The first kappa shape index (κ1) is 40.1. The van der Waals surface area contributed by atoms with Gasteiger partial charge in [-0.3, -0.25) is 0 Å². The van der Waals surface area contributed by atoms with Crippen LogP contribution in [0.5, 0.6) is 0 Å². The van der Waals surface area contributed by atoms with E-state index >= 15 is 0 Å². The maximum atomic E-state index is 13.5. The molecule has 0 spiro atoms. The van der Waals surface area contributed by atoms with E-state index in [0.29, 0.717) is 7.35 Å². The van der Waals surface area contributed by atoms with E-state index in [1.807, 2.05) is 0 Å². The molecule has 0 bridgehead atoms. The maximum absolute atomic E-state index is 13.5. The third kappa shape index (κ3) is 6.73. The third-order valence-electron chi connectivity index (χ3n) is 12.4. The summed E-state index contributed by atoms with van der Waals surface area (Å²) in [5.74, 6) is 0. The molecule has 1 aliphatic heterocycles. The van der Waals surface area contributed by atoms with Crippen LogP contribution in [0.4, 0.5) is 26.3 Å². The minimum Gasteiger partial charge on any atom is -0.147 e. The van der Waals surface area contributed by atoms with Gasteiger partial charge in [0.25, 0.3) is 0 Å². The van der Waals surface area contributed by atoms with Gasteiger partial charge in [0.15, 0.2) is 0 Å². The first-order chi connectivity index (χ1) is 24.5. The summed E-state index contributed by atoms with van der Waals surface area (Å²) in [4.78, 5) is 0. The van der Waals surface area contributed by atoms with Crippen LogP contribution in [0.2, 0.25) is 7.35 Å². The van der Waals surface area contributed by atoms with Crippen LogP contribution in [0.3, 0.4) is 0 Å². The molecule has 53 heavy (non-hydrogen) atoms. The van der Waals surface area contributed by atoms with Crippen molar-refractivity contribution in [1.29, 1.82) is 0 Å². The second-order valence-corrected chi connectivity index (χ2v) is 31.7. The van der Waals surface area contributed by atoms with Gasteiger partial charge in [0.1, 0.15) is 0 Å². The van der Waals surface area contributed by atoms with Gasteiger partial charge in [0.05, 0.1) is 0 Å². The van der Waals surface area contributed by atoms with Crippen LogP contribution in [-0.2, 0) is 32.3 Å². The molecule has 0 aromatic heterocycles. The topological polar surface area (TPSA) is 0 Å². The molecule has 0 nitrogen and oxygen atoms in total. The second kappa shape index (κ2) is 15.1. The van der Waals surface area contributed by atoms with E-state index < -0.39 is 43.4 Å². The third-order valence-corrected chi connectivity index (χ3v) is 37.3. The van der Waals surface area contributed by atoms with Gasteiger partial charge in [-0.25, -0.2) is 0 Å². The van der Waals surface area contributed by atoms with Crippen LogP contribution in [0, 0.1) is 0 Å². The number of allylic oxidation sites excluding steroid dienone is 2. The van der Waals surface area contributed by atoms with Gasteiger partial charge >= 0.3 is 302 Å². The predicted octanol–water partition coefficient (Wildman–Crippen LogP) is 15.4. The summed E-state index contributed by atoms with van der Waals surface area (Å²) in [5, 5.41) is 0. The van der Waals surface area contributed by atoms with Gasteiger partial charge in [0.2, 0.25) is 0 Å². The van der Waals surface area contributed by atoms with Crippen LogP contribution in [-0.4, -0.2) is 0 Å². The Morgan fingerprint density at radius 3 is 1.26 bits per heavy atom. The van der Waals surface area contributed by atoms with Crippen molar-refractivity contribution in [3.63, 3.8) is 0 Å². The average Bonchev–Trinajstić information content (AvgIpc) is 3.38. The summed E-state index contributed by atoms with van der Waals surface area (Å²) in [7, 11) is 0.